The Labute approximate surface area is 99.9 Å². The van der Waals surface area contributed by atoms with Crippen LogP contribution in [0.25, 0.3) is 0 Å². The normalized spacial score (nSPS) is 9.87. The lowest BCUT2D eigenvalue weighted by molar-refractivity contribution is -0.255. The van der Waals surface area contributed by atoms with E-state index in [4.69, 9.17) is 21.1 Å². The number of aromatic carboxylic acids is 1. The number of benzene rings is 1. The number of halogens is 2. The van der Waals surface area contributed by atoms with Gasteiger partial charge in [-0.3, -0.25) is 0 Å². The monoisotopic (exact) mass is 293 g/mol. The summed E-state index contributed by atoms with van der Waals surface area (Å²) in [5, 5.41) is 11.1. The maximum Gasteiger partial charge on any atom is 0.150 e. The first-order valence-corrected chi connectivity index (χ1v) is 5.01. The highest BCUT2D eigenvalue weighted by molar-refractivity contribution is 9.10. The van der Waals surface area contributed by atoms with Crippen LogP contribution < -0.4 is 14.6 Å². The number of carbonyl (C=O) groups is 1. The molecule has 0 saturated heterocycles. The molecule has 6 heteroatoms. The first-order chi connectivity index (χ1) is 7.02. The van der Waals surface area contributed by atoms with Gasteiger partial charge in [0, 0.05) is 0 Å². The summed E-state index contributed by atoms with van der Waals surface area (Å²) in [5.74, 6) is -1.26. The molecule has 0 aromatic heterocycles. The number of methoxy groups -OCH3 is 2. The number of hydrogen-bond donors (Lipinski definition) is 0. The second-order valence-electron chi connectivity index (χ2n) is 2.57. The van der Waals surface area contributed by atoms with Crippen LogP contribution in [0.2, 0.25) is 5.02 Å². The number of ether oxygens (including phenoxy) is 2. The molecule has 0 aliphatic carbocycles. The molecule has 0 bridgehead atoms. The average Bonchev–Trinajstić information content (AvgIpc) is 2.16. The maximum atomic E-state index is 10.9. The van der Waals surface area contributed by atoms with Crippen LogP contribution >= 0.6 is 27.5 Å². The molecule has 15 heavy (non-hydrogen) atoms. The fourth-order valence-electron chi connectivity index (χ4n) is 1.17. The fourth-order valence-corrected chi connectivity index (χ4v) is 2.17. The fraction of sp³-hybridized carbons (Fsp3) is 0.222. The largest absolute Gasteiger partial charge is 0.545 e. The molecule has 82 valence electrons. The van der Waals surface area contributed by atoms with Gasteiger partial charge in [-0.25, -0.2) is 0 Å². The molecule has 1 aromatic carbocycles. The van der Waals surface area contributed by atoms with Gasteiger partial charge in [-0.15, -0.1) is 0 Å². The first-order valence-electron chi connectivity index (χ1n) is 3.84. The summed E-state index contributed by atoms with van der Waals surface area (Å²) >= 11 is 8.94. The summed E-state index contributed by atoms with van der Waals surface area (Å²) < 4.78 is 10.2. The van der Waals surface area contributed by atoms with E-state index in [1.165, 1.54) is 20.3 Å². The molecular formula is C9H7BrClO4-. The summed E-state index contributed by atoms with van der Waals surface area (Å²) in [6.07, 6.45) is 0. The second kappa shape index (κ2) is 4.72. The first kappa shape index (κ1) is 12.1. The number of carboxylic acid groups (broad SMARTS) is 1. The van der Waals surface area contributed by atoms with Gasteiger partial charge in [0.1, 0.15) is 11.5 Å². The highest BCUT2D eigenvalue weighted by Gasteiger charge is 2.18. The third kappa shape index (κ3) is 2.18. The van der Waals surface area contributed by atoms with Gasteiger partial charge in [-0.1, -0.05) is 11.6 Å². The van der Waals surface area contributed by atoms with Crippen molar-refractivity contribution >= 4 is 33.5 Å². The number of rotatable bonds is 3. The molecule has 0 fully saturated rings. The smallest absolute Gasteiger partial charge is 0.150 e. The molecule has 0 atom stereocenters. The standard InChI is InChI=1S/C9H8BrClO4/c1-14-7-4(10)3-5(11)8(15-2)6(7)9(12)13/h3H,1-2H3,(H,12,13)/p-1. The highest BCUT2D eigenvalue weighted by atomic mass is 79.9. The quantitative estimate of drug-likeness (QED) is 0.847. The van der Waals surface area contributed by atoms with Crippen LogP contribution in [0.15, 0.2) is 10.5 Å². The number of carboxylic acids is 1. The summed E-state index contributed by atoms with van der Waals surface area (Å²) in [6.45, 7) is 0. The molecule has 0 radical (unpaired) electrons. The Morgan fingerprint density at radius 1 is 1.40 bits per heavy atom. The molecule has 0 unspecified atom stereocenters. The predicted octanol–water partition coefficient (Wildman–Crippen LogP) is 1.48. The van der Waals surface area contributed by atoms with Gasteiger partial charge in [0.25, 0.3) is 0 Å². The lowest BCUT2D eigenvalue weighted by Gasteiger charge is -2.16. The summed E-state index contributed by atoms with van der Waals surface area (Å²) in [6, 6.07) is 1.49. The Hall–Kier alpha value is -0.940. The van der Waals surface area contributed by atoms with Crippen LogP contribution in [0, 0.1) is 0 Å². The Bertz CT molecular complexity index is 377. The molecule has 0 saturated carbocycles. The molecule has 1 rings (SSSR count). The van der Waals surface area contributed by atoms with Crippen molar-refractivity contribution in [2.75, 3.05) is 14.2 Å². The zero-order chi connectivity index (χ0) is 11.6. The van der Waals surface area contributed by atoms with Gasteiger partial charge in [-0.05, 0) is 22.0 Å². The number of hydrogen-bond acceptors (Lipinski definition) is 4. The molecule has 4 nitrogen and oxygen atoms in total. The minimum atomic E-state index is -1.41. The van der Waals surface area contributed by atoms with Crippen LogP contribution in [-0.4, -0.2) is 20.2 Å². The van der Waals surface area contributed by atoms with Crippen molar-refractivity contribution in [1.29, 1.82) is 0 Å². The minimum absolute atomic E-state index is 0.0247. The third-order valence-corrected chi connectivity index (χ3v) is 2.62. The van der Waals surface area contributed by atoms with Crippen molar-refractivity contribution < 1.29 is 19.4 Å². The van der Waals surface area contributed by atoms with E-state index in [2.05, 4.69) is 15.9 Å². The summed E-state index contributed by atoms with van der Waals surface area (Å²) in [4.78, 5) is 10.9. The van der Waals surface area contributed by atoms with Crippen LogP contribution in [0.1, 0.15) is 10.4 Å². The topological polar surface area (TPSA) is 58.6 Å². The van der Waals surface area contributed by atoms with E-state index in [1.54, 1.807) is 0 Å². The molecular weight excluding hydrogens is 287 g/mol. The van der Waals surface area contributed by atoms with Crippen LogP contribution in [-0.2, 0) is 0 Å². The second-order valence-corrected chi connectivity index (χ2v) is 3.83. The average molecular weight is 295 g/mol. The zero-order valence-electron chi connectivity index (χ0n) is 7.97. The van der Waals surface area contributed by atoms with Gasteiger partial charge >= 0.3 is 0 Å². The zero-order valence-corrected chi connectivity index (χ0v) is 10.3. The van der Waals surface area contributed by atoms with E-state index in [0.29, 0.717) is 4.47 Å². The van der Waals surface area contributed by atoms with Crippen LogP contribution in [0.3, 0.4) is 0 Å². The van der Waals surface area contributed by atoms with E-state index in [9.17, 15) is 9.90 Å². The number of carbonyl (C=O) groups excluding carboxylic acids is 1. The van der Waals surface area contributed by atoms with E-state index < -0.39 is 5.97 Å². The van der Waals surface area contributed by atoms with Gasteiger partial charge < -0.3 is 19.4 Å². The lowest BCUT2D eigenvalue weighted by Crippen LogP contribution is -2.24. The van der Waals surface area contributed by atoms with Crippen molar-refractivity contribution in [3.63, 3.8) is 0 Å². The highest BCUT2D eigenvalue weighted by Crippen LogP contribution is 2.40. The van der Waals surface area contributed by atoms with Gasteiger partial charge in [0.15, 0.2) is 0 Å². The Balaban J connectivity index is 3.58. The molecule has 0 heterocycles. The van der Waals surface area contributed by atoms with E-state index in [0.717, 1.165) is 0 Å². The summed E-state index contributed by atoms with van der Waals surface area (Å²) in [5.41, 5.74) is -0.209. The minimum Gasteiger partial charge on any atom is -0.545 e. The van der Waals surface area contributed by atoms with Crippen molar-refractivity contribution in [2.45, 2.75) is 0 Å². The Kier molecular flexibility index (Phi) is 3.82. The van der Waals surface area contributed by atoms with Crippen LogP contribution in [0.5, 0.6) is 11.5 Å². The summed E-state index contributed by atoms with van der Waals surface area (Å²) in [7, 11) is 2.67. The van der Waals surface area contributed by atoms with Crippen molar-refractivity contribution in [3.05, 3.63) is 21.1 Å². The van der Waals surface area contributed by atoms with Gasteiger partial charge in [-0.2, -0.15) is 0 Å². The molecule has 0 amide bonds. The molecule has 0 spiro atoms. The Morgan fingerprint density at radius 2 is 1.93 bits per heavy atom. The van der Waals surface area contributed by atoms with Gasteiger partial charge in [0.05, 0.1) is 35.2 Å². The van der Waals surface area contributed by atoms with E-state index in [-0.39, 0.29) is 22.1 Å². The molecule has 0 aliphatic heterocycles. The SMILES string of the molecule is COc1c(Cl)cc(Br)c(OC)c1C(=O)[O-]. The third-order valence-electron chi connectivity index (χ3n) is 1.75. The molecule has 0 aliphatic rings. The lowest BCUT2D eigenvalue weighted by atomic mass is 10.2. The van der Waals surface area contributed by atoms with E-state index in [1.807, 2.05) is 0 Å². The Morgan fingerprint density at radius 3 is 2.33 bits per heavy atom. The van der Waals surface area contributed by atoms with Crippen molar-refractivity contribution in [1.82, 2.24) is 0 Å². The van der Waals surface area contributed by atoms with Crippen LogP contribution in [0.4, 0.5) is 0 Å². The van der Waals surface area contributed by atoms with Crippen molar-refractivity contribution in [2.24, 2.45) is 0 Å². The maximum absolute atomic E-state index is 10.9. The van der Waals surface area contributed by atoms with Crippen molar-refractivity contribution in [3.8, 4) is 11.5 Å². The van der Waals surface area contributed by atoms with Gasteiger partial charge in [0.2, 0.25) is 0 Å². The molecule has 0 N–H and O–H groups in total. The molecule has 1 aromatic rings. The predicted molar refractivity (Wildman–Crippen MR) is 56.6 cm³/mol. The van der Waals surface area contributed by atoms with E-state index >= 15 is 0 Å².